The van der Waals surface area contributed by atoms with Crippen molar-refractivity contribution in [3.63, 3.8) is 0 Å². The lowest BCUT2D eigenvalue weighted by molar-refractivity contribution is 0.0491. The van der Waals surface area contributed by atoms with Crippen molar-refractivity contribution in [3.8, 4) is 17.1 Å². The van der Waals surface area contributed by atoms with Crippen LogP contribution < -0.4 is 15.9 Å². The molecule has 0 fully saturated rings. The predicted molar refractivity (Wildman–Crippen MR) is 96.5 cm³/mol. The van der Waals surface area contributed by atoms with Gasteiger partial charge in [-0.25, -0.2) is 4.79 Å². The van der Waals surface area contributed by atoms with E-state index in [1.54, 1.807) is 26.2 Å². The zero-order valence-corrected chi connectivity index (χ0v) is 14.8. The minimum atomic E-state index is -0.611. The van der Waals surface area contributed by atoms with Gasteiger partial charge in [0.2, 0.25) is 17.1 Å². The molecule has 0 aliphatic heterocycles. The Hall–Kier alpha value is -3.22. The number of esters is 1. The topological polar surface area (TPSA) is 105 Å². The third-order valence-corrected chi connectivity index (χ3v) is 4.03. The fraction of sp³-hybridized carbons (Fsp3) is 0.263. The van der Waals surface area contributed by atoms with E-state index in [9.17, 15) is 9.59 Å². The minimum absolute atomic E-state index is 0.00951. The highest BCUT2D eigenvalue weighted by molar-refractivity contribution is 5.89. The maximum atomic E-state index is 13.0. The van der Waals surface area contributed by atoms with Gasteiger partial charge in [-0.3, -0.25) is 4.79 Å². The number of nitrogens with two attached hydrogens (primary N) is 1. The van der Waals surface area contributed by atoms with E-state index in [0.29, 0.717) is 23.1 Å². The number of hydrogen-bond donors (Lipinski definition) is 1. The number of benzene rings is 1. The maximum absolute atomic E-state index is 13.0. The molecule has 0 spiro atoms. The van der Waals surface area contributed by atoms with E-state index >= 15 is 0 Å². The first kappa shape index (κ1) is 17.6. The first-order valence-corrected chi connectivity index (χ1v) is 8.20. The van der Waals surface area contributed by atoms with Crippen LogP contribution >= 0.6 is 0 Å². The highest BCUT2D eigenvalue weighted by Crippen LogP contribution is 2.31. The molecule has 0 bridgehead atoms. The Labute approximate surface area is 149 Å². The molecule has 0 atom stereocenters. The van der Waals surface area contributed by atoms with Crippen LogP contribution in [-0.4, -0.2) is 19.7 Å². The third-order valence-electron chi connectivity index (χ3n) is 4.03. The summed E-state index contributed by atoms with van der Waals surface area (Å²) in [5, 5.41) is 0.362. The number of nitrogen functional groups attached to an aromatic ring is 1. The van der Waals surface area contributed by atoms with Crippen molar-refractivity contribution in [2.45, 2.75) is 20.3 Å². The molecule has 1 aromatic carbocycles. The second-order valence-electron chi connectivity index (χ2n) is 5.57. The zero-order chi connectivity index (χ0) is 18.8. The first-order valence-electron chi connectivity index (χ1n) is 8.20. The van der Waals surface area contributed by atoms with Crippen LogP contribution in [0.1, 0.15) is 30.0 Å². The second-order valence-corrected chi connectivity index (χ2v) is 5.57. The summed E-state index contributed by atoms with van der Waals surface area (Å²) in [5.74, 6) is 0.0526. The maximum Gasteiger partial charge on any atom is 0.374 e. The number of carbonyl (C=O) groups is 1. The summed E-state index contributed by atoms with van der Waals surface area (Å²) in [6.07, 6.45) is 0.687. The van der Waals surface area contributed by atoms with Crippen molar-refractivity contribution in [3.05, 3.63) is 45.8 Å². The number of ether oxygens (including phenoxy) is 2. The van der Waals surface area contributed by atoms with Crippen LogP contribution in [-0.2, 0) is 11.2 Å². The Morgan fingerprint density at radius 2 is 1.96 bits per heavy atom. The summed E-state index contributed by atoms with van der Waals surface area (Å²) in [7, 11) is 1.55. The van der Waals surface area contributed by atoms with Gasteiger partial charge in [0.15, 0.2) is 0 Å². The van der Waals surface area contributed by atoms with Gasteiger partial charge in [0.1, 0.15) is 22.7 Å². The van der Waals surface area contributed by atoms with Crippen LogP contribution in [0, 0.1) is 0 Å². The van der Waals surface area contributed by atoms with E-state index in [4.69, 9.17) is 24.0 Å². The molecule has 0 aliphatic rings. The number of fused-ring (bicyclic) bond motifs is 1. The molecule has 0 unspecified atom stereocenters. The fourth-order valence-electron chi connectivity index (χ4n) is 2.77. The molecule has 0 saturated carbocycles. The fourth-order valence-corrected chi connectivity index (χ4v) is 2.77. The second kappa shape index (κ2) is 6.95. The quantitative estimate of drug-likeness (QED) is 0.698. The molecular weight excluding hydrogens is 338 g/mol. The monoisotopic (exact) mass is 357 g/mol. The van der Waals surface area contributed by atoms with Crippen molar-refractivity contribution < 1.29 is 23.1 Å². The number of hydrogen-bond acceptors (Lipinski definition) is 7. The van der Waals surface area contributed by atoms with E-state index in [-0.39, 0.29) is 35.0 Å². The van der Waals surface area contributed by atoms with Gasteiger partial charge in [0.25, 0.3) is 0 Å². The zero-order valence-electron chi connectivity index (χ0n) is 14.8. The number of anilines is 1. The van der Waals surface area contributed by atoms with Gasteiger partial charge in [0.05, 0.1) is 19.1 Å². The Morgan fingerprint density at radius 1 is 1.19 bits per heavy atom. The summed E-state index contributed by atoms with van der Waals surface area (Å²) in [4.78, 5) is 24.7. The molecule has 3 rings (SSSR count). The first-order chi connectivity index (χ1) is 12.5. The van der Waals surface area contributed by atoms with Crippen LogP contribution in [0.5, 0.6) is 5.75 Å². The average molecular weight is 357 g/mol. The van der Waals surface area contributed by atoms with Crippen LogP contribution in [0.25, 0.3) is 22.3 Å². The van der Waals surface area contributed by atoms with Crippen LogP contribution in [0.4, 0.5) is 5.88 Å². The standard InChI is InChI=1S/C19H19NO6/c1-4-10-8-11-15(9-14(10)23-3)26-18(20)16(17(11)21)12-6-7-13(25-12)19(22)24-5-2/h6-9H,4-5,20H2,1-3H3. The van der Waals surface area contributed by atoms with E-state index in [2.05, 4.69) is 0 Å². The molecule has 7 nitrogen and oxygen atoms in total. The Balaban J connectivity index is 2.18. The highest BCUT2D eigenvalue weighted by Gasteiger charge is 2.21. The Bertz CT molecular complexity index is 1030. The number of methoxy groups -OCH3 is 1. The molecule has 7 heteroatoms. The molecule has 0 amide bonds. The molecule has 0 aliphatic carbocycles. The molecule has 2 heterocycles. The highest BCUT2D eigenvalue weighted by atomic mass is 16.5. The number of aryl methyl sites for hydroxylation is 1. The lowest BCUT2D eigenvalue weighted by Gasteiger charge is -2.10. The summed E-state index contributed by atoms with van der Waals surface area (Å²) in [6, 6.07) is 6.28. The summed E-state index contributed by atoms with van der Waals surface area (Å²) in [5.41, 5.74) is 6.86. The van der Waals surface area contributed by atoms with Crippen LogP contribution in [0.15, 0.2) is 37.9 Å². The molecule has 26 heavy (non-hydrogen) atoms. The summed E-state index contributed by atoms with van der Waals surface area (Å²) < 4.78 is 21.3. The molecule has 2 aromatic heterocycles. The van der Waals surface area contributed by atoms with Gasteiger partial charge >= 0.3 is 5.97 Å². The normalized spacial score (nSPS) is 10.9. The van der Waals surface area contributed by atoms with Gasteiger partial charge in [-0.05, 0) is 37.1 Å². The van der Waals surface area contributed by atoms with Gasteiger partial charge < -0.3 is 24.0 Å². The SMILES string of the molecule is CCOC(=O)c1ccc(-c2c(N)oc3cc(OC)c(CC)cc3c2=O)o1. The largest absolute Gasteiger partial charge is 0.496 e. The van der Waals surface area contributed by atoms with E-state index in [1.165, 1.54) is 12.1 Å². The van der Waals surface area contributed by atoms with Gasteiger partial charge in [0, 0.05) is 6.07 Å². The molecule has 0 saturated heterocycles. The third kappa shape index (κ3) is 2.92. The van der Waals surface area contributed by atoms with Crippen molar-refractivity contribution in [2.24, 2.45) is 0 Å². The Morgan fingerprint density at radius 3 is 2.62 bits per heavy atom. The minimum Gasteiger partial charge on any atom is -0.496 e. The molecular formula is C19H19NO6. The van der Waals surface area contributed by atoms with Crippen molar-refractivity contribution in [1.29, 1.82) is 0 Å². The number of carbonyl (C=O) groups excluding carboxylic acids is 1. The molecule has 3 aromatic rings. The van der Waals surface area contributed by atoms with Crippen molar-refractivity contribution in [2.75, 3.05) is 19.5 Å². The van der Waals surface area contributed by atoms with E-state index in [0.717, 1.165) is 5.56 Å². The Kier molecular flexibility index (Phi) is 4.71. The molecule has 136 valence electrons. The summed E-state index contributed by atoms with van der Waals surface area (Å²) >= 11 is 0. The van der Waals surface area contributed by atoms with Crippen LogP contribution in [0.3, 0.4) is 0 Å². The van der Waals surface area contributed by atoms with E-state index < -0.39 is 5.97 Å². The number of furan rings is 1. The van der Waals surface area contributed by atoms with Gasteiger partial charge in [-0.1, -0.05) is 6.92 Å². The van der Waals surface area contributed by atoms with E-state index in [1.807, 2.05) is 6.92 Å². The molecule has 0 radical (unpaired) electrons. The number of rotatable bonds is 5. The van der Waals surface area contributed by atoms with Crippen molar-refractivity contribution in [1.82, 2.24) is 0 Å². The lowest BCUT2D eigenvalue weighted by atomic mass is 10.1. The van der Waals surface area contributed by atoms with Gasteiger partial charge in [-0.2, -0.15) is 0 Å². The van der Waals surface area contributed by atoms with Crippen molar-refractivity contribution >= 4 is 22.8 Å². The summed E-state index contributed by atoms with van der Waals surface area (Å²) in [6.45, 7) is 3.87. The predicted octanol–water partition coefficient (Wildman–Crippen LogP) is 3.38. The van der Waals surface area contributed by atoms with Crippen LogP contribution in [0.2, 0.25) is 0 Å². The molecule has 2 N–H and O–H groups in total. The van der Waals surface area contributed by atoms with Gasteiger partial charge in [-0.15, -0.1) is 0 Å². The average Bonchev–Trinajstić information content (AvgIpc) is 3.10. The lowest BCUT2D eigenvalue weighted by Crippen LogP contribution is -2.09. The smallest absolute Gasteiger partial charge is 0.374 e.